The summed E-state index contributed by atoms with van der Waals surface area (Å²) in [6.45, 7) is 17.1. The highest BCUT2D eigenvalue weighted by atomic mass is 32.2. The molecule has 2 aliphatic rings. The molecule has 0 unspecified atom stereocenters. The van der Waals surface area contributed by atoms with Crippen LogP contribution in [0.5, 0.6) is 0 Å². The van der Waals surface area contributed by atoms with Crippen molar-refractivity contribution in [3.8, 4) is 0 Å². The van der Waals surface area contributed by atoms with Crippen LogP contribution >= 0.6 is 11.8 Å². The minimum Gasteiger partial charge on any atom is -0.347 e. The Morgan fingerprint density at radius 1 is 1.15 bits per heavy atom. The highest BCUT2D eigenvalue weighted by molar-refractivity contribution is 8.04. The molecule has 0 aliphatic carbocycles. The Kier molecular flexibility index (Phi) is 5.28. The molecule has 0 aromatic heterocycles. The van der Waals surface area contributed by atoms with Gasteiger partial charge in [0.15, 0.2) is 0 Å². The molecule has 3 heteroatoms. The van der Waals surface area contributed by atoms with Crippen molar-refractivity contribution in [2.45, 2.75) is 20.3 Å². The molecule has 2 aliphatic heterocycles. The monoisotopic (exact) mass is 362 g/mol. The SMILES string of the molecule is C=CS/C=C1\CC(=C)C2=C(C=C(C(C)C)N(c3ccccc3)C2=C)N1C. The smallest absolute Gasteiger partial charge is 0.0521 e. The molecule has 134 valence electrons. The summed E-state index contributed by atoms with van der Waals surface area (Å²) in [7, 11) is 2.12. The van der Waals surface area contributed by atoms with E-state index in [0.29, 0.717) is 5.92 Å². The molecule has 0 radical (unpaired) electrons. The van der Waals surface area contributed by atoms with Crippen LogP contribution in [0.15, 0.2) is 101 Å². The predicted molar refractivity (Wildman–Crippen MR) is 115 cm³/mol. The van der Waals surface area contributed by atoms with Crippen LogP contribution in [-0.2, 0) is 0 Å². The molecular weight excluding hydrogens is 336 g/mol. The zero-order valence-corrected chi connectivity index (χ0v) is 16.6. The fourth-order valence-corrected chi connectivity index (χ4v) is 3.97. The van der Waals surface area contributed by atoms with Gasteiger partial charge in [0.1, 0.15) is 0 Å². The van der Waals surface area contributed by atoms with Crippen molar-refractivity contribution in [3.63, 3.8) is 0 Å². The summed E-state index contributed by atoms with van der Waals surface area (Å²) in [4.78, 5) is 4.53. The van der Waals surface area contributed by atoms with Gasteiger partial charge in [-0.3, -0.25) is 0 Å². The summed E-state index contributed by atoms with van der Waals surface area (Å²) in [5, 5.41) is 4.00. The Labute approximate surface area is 161 Å². The average Bonchev–Trinajstić information content (AvgIpc) is 2.63. The molecule has 3 rings (SSSR count). The minimum absolute atomic E-state index is 0.375. The van der Waals surface area contributed by atoms with Crippen LogP contribution in [0.2, 0.25) is 0 Å². The Hall–Kier alpha value is -2.39. The number of rotatable bonds is 4. The third-order valence-electron chi connectivity index (χ3n) is 4.80. The van der Waals surface area contributed by atoms with Crippen LogP contribution in [-0.4, -0.2) is 11.9 Å². The lowest BCUT2D eigenvalue weighted by atomic mass is 9.88. The van der Waals surface area contributed by atoms with Gasteiger partial charge in [0.25, 0.3) is 0 Å². The Balaban J connectivity index is 2.13. The van der Waals surface area contributed by atoms with Crippen LogP contribution in [0.4, 0.5) is 5.69 Å². The van der Waals surface area contributed by atoms with E-state index in [9.17, 15) is 0 Å². The summed E-state index contributed by atoms with van der Waals surface area (Å²) < 4.78 is 0. The Morgan fingerprint density at radius 2 is 1.85 bits per heavy atom. The molecule has 2 heterocycles. The zero-order chi connectivity index (χ0) is 18.8. The van der Waals surface area contributed by atoms with Crippen molar-refractivity contribution in [2.75, 3.05) is 11.9 Å². The first-order valence-corrected chi connectivity index (χ1v) is 9.77. The number of allylic oxidation sites excluding steroid dienone is 4. The van der Waals surface area contributed by atoms with Crippen molar-refractivity contribution in [1.82, 2.24) is 4.90 Å². The summed E-state index contributed by atoms with van der Waals surface area (Å²) in [6.07, 6.45) is 3.11. The van der Waals surface area contributed by atoms with Crippen LogP contribution in [0.3, 0.4) is 0 Å². The third kappa shape index (κ3) is 3.19. The van der Waals surface area contributed by atoms with Gasteiger partial charge in [0.05, 0.1) is 5.70 Å². The number of para-hydroxylation sites is 1. The van der Waals surface area contributed by atoms with Gasteiger partial charge in [-0.25, -0.2) is 0 Å². The second-order valence-corrected chi connectivity index (χ2v) is 7.69. The molecular formula is C23H26N2S. The largest absolute Gasteiger partial charge is 0.347 e. The molecule has 2 nitrogen and oxygen atoms in total. The summed E-state index contributed by atoms with van der Waals surface area (Å²) in [5.74, 6) is 0.375. The number of hydrogen-bond donors (Lipinski definition) is 0. The lowest BCUT2D eigenvalue weighted by Gasteiger charge is -2.42. The number of hydrogen-bond acceptors (Lipinski definition) is 3. The van der Waals surface area contributed by atoms with E-state index in [4.69, 9.17) is 0 Å². The molecule has 0 atom stereocenters. The van der Waals surface area contributed by atoms with E-state index < -0.39 is 0 Å². The lowest BCUT2D eigenvalue weighted by molar-refractivity contribution is 0.496. The maximum absolute atomic E-state index is 4.46. The fourth-order valence-electron chi connectivity index (χ4n) is 3.48. The van der Waals surface area contributed by atoms with Crippen molar-refractivity contribution in [1.29, 1.82) is 0 Å². The standard InChI is InChI=1S/C23H26N2S/c1-7-26-15-20-13-17(4)23-18(5)25(19-11-9-8-10-12-19)21(16(2)3)14-22(23)24(20)6/h7-12,14-16H,1,4-5,13H2,2-3,6H3/b20-15+. The van der Waals surface area contributed by atoms with Gasteiger partial charge < -0.3 is 9.80 Å². The molecule has 0 fully saturated rings. The van der Waals surface area contributed by atoms with Crippen LogP contribution in [0, 0.1) is 5.92 Å². The van der Waals surface area contributed by atoms with Crippen molar-refractivity contribution < 1.29 is 0 Å². The van der Waals surface area contributed by atoms with Crippen molar-refractivity contribution >= 4 is 17.4 Å². The second-order valence-electron chi connectivity index (χ2n) is 6.85. The summed E-state index contributed by atoms with van der Waals surface area (Å²) >= 11 is 1.61. The van der Waals surface area contributed by atoms with Crippen molar-refractivity contribution in [2.24, 2.45) is 5.92 Å². The molecule has 0 N–H and O–H groups in total. The van der Waals surface area contributed by atoms with E-state index in [1.165, 1.54) is 17.1 Å². The van der Waals surface area contributed by atoms with Crippen LogP contribution in [0.1, 0.15) is 20.3 Å². The Bertz CT molecular complexity index is 840. The lowest BCUT2D eigenvalue weighted by Crippen LogP contribution is -2.35. The van der Waals surface area contributed by atoms with Crippen LogP contribution in [0.25, 0.3) is 0 Å². The van der Waals surface area contributed by atoms with E-state index in [-0.39, 0.29) is 0 Å². The van der Waals surface area contributed by atoms with E-state index in [1.54, 1.807) is 11.8 Å². The number of anilines is 1. The molecule has 0 saturated carbocycles. The average molecular weight is 363 g/mol. The maximum atomic E-state index is 4.46. The highest BCUT2D eigenvalue weighted by Gasteiger charge is 2.33. The normalized spacial score (nSPS) is 19.2. The molecule has 26 heavy (non-hydrogen) atoms. The third-order valence-corrected chi connectivity index (χ3v) is 5.40. The van der Waals surface area contributed by atoms with E-state index in [2.05, 4.69) is 86.2 Å². The Morgan fingerprint density at radius 3 is 2.46 bits per heavy atom. The zero-order valence-electron chi connectivity index (χ0n) is 15.8. The van der Waals surface area contributed by atoms with Crippen LogP contribution < -0.4 is 4.90 Å². The maximum Gasteiger partial charge on any atom is 0.0521 e. The minimum atomic E-state index is 0.375. The first-order valence-electron chi connectivity index (χ1n) is 8.83. The highest BCUT2D eigenvalue weighted by Crippen LogP contribution is 2.44. The van der Waals surface area contributed by atoms with Gasteiger partial charge in [-0.2, -0.15) is 0 Å². The number of thioether (sulfide) groups is 1. The van der Waals surface area contributed by atoms with E-state index in [0.717, 1.165) is 29.0 Å². The van der Waals surface area contributed by atoms with Gasteiger partial charge >= 0.3 is 0 Å². The van der Waals surface area contributed by atoms with Crippen molar-refractivity contribution in [3.05, 3.63) is 101 Å². The molecule has 0 bridgehead atoms. The van der Waals surface area contributed by atoms with Gasteiger partial charge in [-0.15, -0.1) is 11.8 Å². The first-order chi connectivity index (χ1) is 12.5. The number of benzene rings is 1. The molecule has 0 amide bonds. The number of nitrogens with zero attached hydrogens (tertiary/aromatic N) is 2. The summed E-state index contributed by atoms with van der Waals surface area (Å²) in [5.41, 5.74) is 8.07. The second kappa shape index (κ2) is 7.46. The molecule has 1 aromatic rings. The van der Waals surface area contributed by atoms with E-state index >= 15 is 0 Å². The molecule has 1 aromatic carbocycles. The fraction of sp³-hybridized carbons (Fsp3) is 0.217. The van der Waals surface area contributed by atoms with Gasteiger partial charge in [-0.1, -0.05) is 51.8 Å². The topological polar surface area (TPSA) is 6.48 Å². The first kappa shape index (κ1) is 18.4. The quantitative estimate of drug-likeness (QED) is 0.610. The molecule has 0 spiro atoms. The number of likely N-dealkylation sites (N-methyl/N-ethyl adjacent to an activating group) is 1. The summed E-state index contributed by atoms with van der Waals surface area (Å²) in [6, 6.07) is 10.4. The van der Waals surface area contributed by atoms with Gasteiger partial charge in [0.2, 0.25) is 0 Å². The van der Waals surface area contributed by atoms with Gasteiger partial charge in [-0.05, 0) is 40.5 Å². The predicted octanol–water partition coefficient (Wildman–Crippen LogP) is 6.42. The molecule has 0 saturated heterocycles. The van der Waals surface area contributed by atoms with Gasteiger partial charge in [0, 0.05) is 41.8 Å². The van der Waals surface area contributed by atoms with E-state index in [1.807, 2.05) is 11.5 Å².